The summed E-state index contributed by atoms with van der Waals surface area (Å²) in [6.45, 7) is 3.46. The molecule has 1 aliphatic carbocycles. The quantitative estimate of drug-likeness (QED) is 0.463. The molecule has 1 saturated carbocycles. The van der Waals surface area contributed by atoms with E-state index in [9.17, 15) is 13.2 Å². The molecule has 1 fully saturated rings. The molecule has 6 nitrogen and oxygen atoms in total. The first-order valence-corrected chi connectivity index (χ1v) is 12.5. The molecular weight excluding hydrogens is 412 g/mol. The molecule has 0 aromatic heterocycles. The van der Waals surface area contributed by atoms with Crippen molar-refractivity contribution in [3.05, 3.63) is 59.7 Å². The fraction of sp³-hybridized carbons (Fsp3) is 0.458. The molecule has 0 spiro atoms. The largest absolute Gasteiger partial charge is 0.494 e. The van der Waals surface area contributed by atoms with Crippen LogP contribution in [0.1, 0.15) is 50.2 Å². The Kier molecular flexibility index (Phi) is 8.49. The van der Waals surface area contributed by atoms with Crippen LogP contribution in [0, 0.1) is 0 Å². The van der Waals surface area contributed by atoms with Crippen LogP contribution in [0.15, 0.2) is 53.4 Å². The minimum atomic E-state index is -3.43. The van der Waals surface area contributed by atoms with Crippen LogP contribution in [0.5, 0.6) is 5.75 Å². The predicted octanol–water partition coefficient (Wildman–Crippen LogP) is 3.60. The zero-order valence-electron chi connectivity index (χ0n) is 18.1. The summed E-state index contributed by atoms with van der Waals surface area (Å²) in [5, 5.41) is 2.95. The summed E-state index contributed by atoms with van der Waals surface area (Å²) < 4.78 is 32.7. The lowest BCUT2D eigenvalue weighted by molar-refractivity contribution is -0.121. The van der Waals surface area contributed by atoms with Crippen molar-refractivity contribution >= 4 is 15.9 Å². The average Bonchev–Trinajstić information content (AvgIpc) is 3.57. The number of benzene rings is 2. The van der Waals surface area contributed by atoms with E-state index in [1.807, 2.05) is 24.3 Å². The number of amides is 1. The topological polar surface area (TPSA) is 84.5 Å². The number of carbonyl (C=O) groups excluding carboxylic acids is 1. The van der Waals surface area contributed by atoms with Crippen LogP contribution < -0.4 is 14.8 Å². The number of sulfonamides is 1. The van der Waals surface area contributed by atoms with Crippen LogP contribution in [0.3, 0.4) is 0 Å². The van der Waals surface area contributed by atoms with Crippen LogP contribution in [0.2, 0.25) is 0 Å². The Morgan fingerprint density at radius 3 is 2.29 bits per heavy atom. The van der Waals surface area contributed by atoms with Crippen LogP contribution in [-0.4, -0.2) is 33.5 Å². The second-order valence-electron chi connectivity index (χ2n) is 7.99. The summed E-state index contributed by atoms with van der Waals surface area (Å²) in [4.78, 5) is 12.4. The molecule has 0 radical (unpaired) electrons. The number of hydrogen-bond donors (Lipinski definition) is 2. The second-order valence-corrected chi connectivity index (χ2v) is 9.70. The number of rotatable bonds is 13. The van der Waals surface area contributed by atoms with E-state index >= 15 is 0 Å². The zero-order valence-corrected chi connectivity index (χ0v) is 18.9. The summed E-state index contributed by atoms with van der Waals surface area (Å²) in [5.74, 6) is 0.870. The lowest BCUT2D eigenvalue weighted by atomic mass is 10.1. The van der Waals surface area contributed by atoms with E-state index in [-0.39, 0.29) is 16.8 Å². The van der Waals surface area contributed by atoms with Gasteiger partial charge in [0.1, 0.15) is 5.75 Å². The summed E-state index contributed by atoms with van der Waals surface area (Å²) in [6, 6.07) is 14.8. The molecule has 31 heavy (non-hydrogen) atoms. The van der Waals surface area contributed by atoms with Gasteiger partial charge < -0.3 is 10.1 Å². The average molecular weight is 445 g/mol. The Labute approximate surface area is 185 Å². The van der Waals surface area contributed by atoms with Gasteiger partial charge in [0.15, 0.2) is 0 Å². The maximum atomic E-state index is 12.2. The van der Waals surface area contributed by atoms with Crippen molar-refractivity contribution in [1.82, 2.24) is 10.0 Å². The fourth-order valence-electron chi connectivity index (χ4n) is 3.10. The first kappa shape index (κ1) is 23.3. The van der Waals surface area contributed by atoms with Crippen LogP contribution in [0.25, 0.3) is 0 Å². The third-order valence-corrected chi connectivity index (χ3v) is 6.74. The highest BCUT2D eigenvalue weighted by molar-refractivity contribution is 7.89. The number of ether oxygens (including phenoxy) is 1. The molecule has 168 valence electrons. The number of hydrogen-bond acceptors (Lipinski definition) is 4. The molecule has 0 unspecified atom stereocenters. The summed E-state index contributed by atoms with van der Waals surface area (Å²) in [5.41, 5.74) is 2.10. The molecule has 0 atom stereocenters. The van der Waals surface area contributed by atoms with Gasteiger partial charge in [0.05, 0.1) is 11.5 Å². The first-order chi connectivity index (χ1) is 15.0. The third kappa shape index (κ3) is 7.99. The molecule has 0 saturated heterocycles. The van der Waals surface area contributed by atoms with E-state index in [0.717, 1.165) is 55.6 Å². The number of unbranched alkanes of at least 4 members (excludes halogenated alkanes) is 1. The standard InChI is InChI=1S/C24H32N2O4S/c1-2-3-18-30-22-11-4-20(5-12-22)16-17-25-24(27)15-8-19-6-13-23(14-7-19)31(28,29)26-21-9-10-21/h4-7,11-14,21,26H,2-3,8-10,15-18H2,1H3,(H,25,27). The highest BCUT2D eigenvalue weighted by Crippen LogP contribution is 2.22. The van der Waals surface area contributed by atoms with Gasteiger partial charge in [0.2, 0.25) is 15.9 Å². The lowest BCUT2D eigenvalue weighted by Gasteiger charge is -2.08. The molecule has 1 amide bonds. The van der Waals surface area contributed by atoms with Crippen molar-refractivity contribution in [2.75, 3.05) is 13.2 Å². The second kappa shape index (κ2) is 11.3. The van der Waals surface area contributed by atoms with E-state index in [1.165, 1.54) is 0 Å². The van der Waals surface area contributed by atoms with Gasteiger partial charge in [-0.25, -0.2) is 13.1 Å². The molecule has 0 bridgehead atoms. The minimum Gasteiger partial charge on any atom is -0.494 e. The normalized spacial score (nSPS) is 13.7. The van der Waals surface area contributed by atoms with Gasteiger partial charge in [-0.15, -0.1) is 0 Å². The zero-order chi connectivity index (χ0) is 22.1. The Bertz CT molecular complexity index is 937. The Morgan fingerprint density at radius 2 is 1.65 bits per heavy atom. The highest BCUT2D eigenvalue weighted by Gasteiger charge is 2.27. The molecule has 2 N–H and O–H groups in total. The Morgan fingerprint density at radius 1 is 1.00 bits per heavy atom. The van der Waals surface area contributed by atoms with Gasteiger partial charge in [-0.2, -0.15) is 0 Å². The van der Waals surface area contributed by atoms with Gasteiger partial charge in [-0.1, -0.05) is 37.6 Å². The Hall–Kier alpha value is -2.38. The lowest BCUT2D eigenvalue weighted by Crippen LogP contribution is -2.26. The smallest absolute Gasteiger partial charge is 0.240 e. The van der Waals surface area contributed by atoms with E-state index < -0.39 is 10.0 Å². The van der Waals surface area contributed by atoms with Gasteiger partial charge in [-0.05, 0) is 67.5 Å². The highest BCUT2D eigenvalue weighted by atomic mass is 32.2. The number of carbonyl (C=O) groups is 1. The summed E-state index contributed by atoms with van der Waals surface area (Å²) >= 11 is 0. The SMILES string of the molecule is CCCCOc1ccc(CCNC(=O)CCc2ccc(S(=O)(=O)NC3CC3)cc2)cc1. The monoisotopic (exact) mass is 444 g/mol. The molecule has 2 aromatic rings. The molecule has 7 heteroatoms. The van der Waals surface area contributed by atoms with Crippen LogP contribution in [-0.2, 0) is 27.7 Å². The predicted molar refractivity (Wildman–Crippen MR) is 122 cm³/mol. The Balaban J connectivity index is 1.35. The molecule has 3 rings (SSSR count). The molecule has 2 aromatic carbocycles. The van der Waals surface area contributed by atoms with Crippen molar-refractivity contribution in [2.45, 2.75) is 62.8 Å². The van der Waals surface area contributed by atoms with Crippen molar-refractivity contribution in [2.24, 2.45) is 0 Å². The van der Waals surface area contributed by atoms with E-state index in [1.54, 1.807) is 24.3 Å². The van der Waals surface area contributed by atoms with E-state index in [2.05, 4.69) is 17.0 Å². The van der Waals surface area contributed by atoms with Crippen molar-refractivity contribution in [3.8, 4) is 5.75 Å². The summed E-state index contributed by atoms with van der Waals surface area (Å²) in [6.07, 6.45) is 5.69. The van der Waals surface area contributed by atoms with Crippen LogP contribution >= 0.6 is 0 Å². The molecular formula is C24H32N2O4S. The molecule has 0 heterocycles. The maximum absolute atomic E-state index is 12.2. The maximum Gasteiger partial charge on any atom is 0.240 e. The number of nitrogens with one attached hydrogen (secondary N) is 2. The molecule has 1 aliphatic rings. The van der Waals surface area contributed by atoms with Crippen molar-refractivity contribution < 1.29 is 17.9 Å². The minimum absolute atomic E-state index is 0.00776. The van der Waals surface area contributed by atoms with E-state index in [0.29, 0.717) is 19.4 Å². The van der Waals surface area contributed by atoms with Gasteiger partial charge in [0.25, 0.3) is 0 Å². The van der Waals surface area contributed by atoms with Gasteiger partial charge in [0, 0.05) is 19.0 Å². The van der Waals surface area contributed by atoms with Crippen molar-refractivity contribution in [3.63, 3.8) is 0 Å². The molecule has 0 aliphatic heterocycles. The van der Waals surface area contributed by atoms with E-state index in [4.69, 9.17) is 4.74 Å². The van der Waals surface area contributed by atoms with Gasteiger partial charge >= 0.3 is 0 Å². The van der Waals surface area contributed by atoms with Gasteiger partial charge in [-0.3, -0.25) is 4.79 Å². The summed E-state index contributed by atoms with van der Waals surface area (Å²) in [7, 11) is -3.43. The van der Waals surface area contributed by atoms with Crippen molar-refractivity contribution in [1.29, 1.82) is 0 Å². The number of aryl methyl sites for hydroxylation is 1. The third-order valence-electron chi connectivity index (χ3n) is 5.20. The first-order valence-electron chi connectivity index (χ1n) is 11.1. The van der Waals surface area contributed by atoms with Crippen LogP contribution in [0.4, 0.5) is 0 Å². The fourth-order valence-corrected chi connectivity index (χ4v) is 4.41.